The van der Waals surface area contributed by atoms with Gasteiger partial charge in [-0.1, -0.05) is 32.9 Å². The highest BCUT2D eigenvalue weighted by Crippen LogP contribution is 2.35. The van der Waals surface area contributed by atoms with Crippen LogP contribution in [0.5, 0.6) is 0 Å². The number of sulfonamides is 1. The van der Waals surface area contributed by atoms with Crippen LogP contribution >= 0.6 is 11.3 Å². The maximum absolute atomic E-state index is 11.3. The summed E-state index contributed by atoms with van der Waals surface area (Å²) in [6.07, 6.45) is 1.16. The molecular formula is C15H19NO2S2. The second kappa shape index (κ2) is 5.22. The summed E-state index contributed by atoms with van der Waals surface area (Å²) in [7, 11) is -3.24. The van der Waals surface area contributed by atoms with Gasteiger partial charge in [-0.25, -0.2) is 8.42 Å². The van der Waals surface area contributed by atoms with Crippen molar-refractivity contribution >= 4 is 27.0 Å². The molecule has 0 fully saturated rings. The Kier molecular flexibility index (Phi) is 3.93. The van der Waals surface area contributed by atoms with Crippen LogP contribution in [0.2, 0.25) is 0 Å². The van der Waals surface area contributed by atoms with Crippen molar-refractivity contribution in [3.8, 4) is 10.4 Å². The van der Waals surface area contributed by atoms with Gasteiger partial charge in [-0.15, -0.1) is 11.3 Å². The number of hydrogen-bond donors (Lipinski definition) is 1. The van der Waals surface area contributed by atoms with Crippen LogP contribution in [0.1, 0.15) is 25.6 Å². The third-order valence-electron chi connectivity index (χ3n) is 2.80. The monoisotopic (exact) mass is 309 g/mol. The molecule has 0 saturated carbocycles. The highest BCUT2D eigenvalue weighted by atomic mass is 32.2. The number of nitrogens with one attached hydrogen (secondary N) is 1. The first kappa shape index (κ1) is 15.1. The molecule has 0 spiro atoms. The molecule has 0 radical (unpaired) electrons. The molecule has 0 saturated heterocycles. The van der Waals surface area contributed by atoms with Gasteiger partial charge in [-0.3, -0.25) is 4.72 Å². The summed E-state index contributed by atoms with van der Waals surface area (Å²) in [6.45, 7) is 6.55. The summed E-state index contributed by atoms with van der Waals surface area (Å²) in [4.78, 5) is 2.46. The van der Waals surface area contributed by atoms with Crippen molar-refractivity contribution in [2.45, 2.75) is 26.2 Å². The van der Waals surface area contributed by atoms with E-state index in [4.69, 9.17) is 0 Å². The molecule has 2 rings (SSSR count). The van der Waals surface area contributed by atoms with Gasteiger partial charge in [0.2, 0.25) is 10.0 Å². The van der Waals surface area contributed by atoms with Gasteiger partial charge in [0.15, 0.2) is 0 Å². The average Bonchev–Trinajstić information content (AvgIpc) is 2.75. The molecule has 5 heteroatoms. The van der Waals surface area contributed by atoms with Gasteiger partial charge < -0.3 is 0 Å². The van der Waals surface area contributed by atoms with Gasteiger partial charge in [0, 0.05) is 15.4 Å². The topological polar surface area (TPSA) is 46.2 Å². The Hall–Kier alpha value is -1.33. The molecule has 0 atom stereocenters. The first-order chi connectivity index (χ1) is 9.15. The van der Waals surface area contributed by atoms with Gasteiger partial charge in [0.05, 0.1) is 6.26 Å². The molecule has 1 heterocycles. The number of hydrogen-bond acceptors (Lipinski definition) is 3. The Labute approximate surface area is 124 Å². The van der Waals surface area contributed by atoms with Crippen LogP contribution in [0.3, 0.4) is 0 Å². The second-order valence-electron chi connectivity index (χ2n) is 5.87. The van der Waals surface area contributed by atoms with E-state index in [9.17, 15) is 8.42 Å². The molecule has 0 unspecified atom stereocenters. The Morgan fingerprint density at radius 3 is 2.35 bits per heavy atom. The van der Waals surface area contributed by atoms with E-state index in [0.717, 1.165) is 16.7 Å². The van der Waals surface area contributed by atoms with Crippen LogP contribution in [0.4, 0.5) is 5.69 Å². The fourth-order valence-corrected chi connectivity index (χ4v) is 3.46. The molecule has 0 aliphatic rings. The van der Waals surface area contributed by atoms with Crippen LogP contribution in [0, 0.1) is 0 Å². The smallest absolute Gasteiger partial charge is 0.229 e. The van der Waals surface area contributed by atoms with Crippen molar-refractivity contribution in [3.05, 3.63) is 41.3 Å². The molecule has 20 heavy (non-hydrogen) atoms. The number of anilines is 1. The third kappa shape index (κ3) is 3.84. The Morgan fingerprint density at radius 2 is 1.80 bits per heavy atom. The van der Waals surface area contributed by atoms with Crippen LogP contribution in [0.15, 0.2) is 36.4 Å². The highest BCUT2D eigenvalue weighted by Gasteiger charge is 2.16. The molecule has 0 amide bonds. The normalized spacial score (nSPS) is 12.4. The summed E-state index contributed by atoms with van der Waals surface area (Å²) in [5.41, 5.74) is 1.75. The quantitative estimate of drug-likeness (QED) is 0.928. The standard InChI is InChI=1S/C15H19NO2S2/c1-15(2,3)14-9-8-13(19-14)11-6-5-7-12(10-11)16-20(4,17)18/h5-10,16H,1-4H3. The second-order valence-corrected chi connectivity index (χ2v) is 8.70. The van der Waals surface area contributed by atoms with E-state index in [0.29, 0.717) is 5.69 Å². The molecule has 2 aromatic rings. The minimum Gasteiger partial charge on any atom is -0.284 e. The summed E-state index contributed by atoms with van der Waals surface area (Å²) in [6, 6.07) is 11.7. The van der Waals surface area contributed by atoms with E-state index >= 15 is 0 Å². The predicted molar refractivity (Wildman–Crippen MR) is 86.9 cm³/mol. The van der Waals surface area contributed by atoms with Gasteiger partial charge in [0.25, 0.3) is 0 Å². The van der Waals surface area contributed by atoms with Gasteiger partial charge >= 0.3 is 0 Å². The van der Waals surface area contributed by atoms with Crippen molar-refractivity contribution < 1.29 is 8.42 Å². The number of thiophene rings is 1. The Bertz CT molecular complexity index is 709. The molecule has 1 N–H and O–H groups in total. The number of benzene rings is 1. The van der Waals surface area contributed by atoms with Crippen LogP contribution < -0.4 is 4.72 Å². The zero-order chi connectivity index (χ0) is 15.0. The third-order valence-corrected chi connectivity index (χ3v) is 4.96. The molecule has 0 bridgehead atoms. The summed E-state index contributed by atoms with van der Waals surface area (Å²) in [5, 5.41) is 0. The van der Waals surface area contributed by atoms with Crippen molar-refractivity contribution in [1.82, 2.24) is 0 Å². The zero-order valence-corrected chi connectivity index (χ0v) is 13.7. The molecule has 1 aromatic heterocycles. The Balaban J connectivity index is 2.34. The molecule has 108 valence electrons. The van der Waals surface area contributed by atoms with Crippen LogP contribution in [-0.2, 0) is 15.4 Å². The molecule has 3 nitrogen and oxygen atoms in total. The van der Waals surface area contributed by atoms with E-state index < -0.39 is 10.0 Å². The average molecular weight is 309 g/mol. The first-order valence-electron chi connectivity index (χ1n) is 6.34. The van der Waals surface area contributed by atoms with Crippen molar-refractivity contribution in [2.24, 2.45) is 0 Å². The van der Waals surface area contributed by atoms with E-state index in [1.807, 2.05) is 18.2 Å². The molecule has 1 aromatic carbocycles. The largest absolute Gasteiger partial charge is 0.284 e. The summed E-state index contributed by atoms with van der Waals surface area (Å²) >= 11 is 1.74. The van der Waals surface area contributed by atoms with Crippen molar-refractivity contribution in [2.75, 3.05) is 11.0 Å². The summed E-state index contributed by atoms with van der Waals surface area (Å²) in [5.74, 6) is 0. The van der Waals surface area contributed by atoms with E-state index in [2.05, 4.69) is 37.6 Å². The fourth-order valence-electron chi connectivity index (χ4n) is 1.85. The number of rotatable bonds is 3. The van der Waals surface area contributed by atoms with Gasteiger partial charge in [0.1, 0.15) is 0 Å². The fraction of sp³-hybridized carbons (Fsp3) is 0.333. The molecule has 0 aliphatic heterocycles. The SMILES string of the molecule is CC(C)(C)c1ccc(-c2cccc(NS(C)(=O)=O)c2)s1. The zero-order valence-electron chi connectivity index (χ0n) is 12.1. The lowest BCUT2D eigenvalue weighted by atomic mass is 9.95. The lowest BCUT2D eigenvalue weighted by Gasteiger charge is -2.15. The lowest BCUT2D eigenvalue weighted by molar-refractivity contribution is 0.604. The van der Waals surface area contributed by atoms with E-state index in [-0.39, 0.29) is 5.41 Å². The first-order valence-corrected chi connectivity index (χ1v) is 9.04. The maximum Gasteiger partial charge on any atom is 0.229 e. The minimum absolute atomic E-state index is 0.130. The van der Waals surface area contributed by atoms with E-state index in [1.54, 1.807) is 17.4 Å². The van der Waals surface area contributed by atoms with Crippen LogP contribution in [0.25, 0.3) is 10.4 Å². The van der Waals surface area contributed by atoms with Crippen molar-refractivity contribution in [1.29, 1.82) is 0 Å². The van der Waals surface area contributed by atoms with E-state index in [1.165, 1.54) is 4.88 Å². The van der Waals surface area contributed by atoms with Crippen LogP contribution in [-0.4, -0.2) is 14.7 Å². The molecular weight excluding hydrogens is 290 g/mol. The lowest BCUT2D eigenvalue weighted by Crippen LogP contribution is -2.09. The van der Waals surface area contributed by atoms with Crippen molar-refractivity contribution in [3.63, 3.8) is 0 Å². The van der Waals surface area contributed by atoms with Gasteiger partial charge in [-0.2, -0.15) is 0 Å². The summed E-state index contributed by atoms with van der Waals surface area (Å²) < 4.78 is 25.1. The highest BCUT2D eigenvalue weighted by molar-refractivity contribution is 7.92. The predicted octanol–water partition coefficient (Wildman–Crippen LogP) is 4.08. The Morgan fingerprint density at radius 1 is 1.10 bits per heavy atom. The maximum atomic E-state index is 11.3. The minimum atomic E-state index is -3.24. The molecule has 0 aliphatic carbocycles. The van der Waals surface area contributed by atoms with Gasteiger partial charge in [-0.05, 0) is 35.2 Å².